The molecule has 0 aliphatic rings. The molecule has 0 radical (unpaired) electrons. The molecular formula is C18H13Cl2N3O2. The number of hydrogen-bond donors (Lipinski definition) is 1. The van der Waals surface area contributed by atoms with Gasteiger partial charge >= 0.3 is 0 Å². The summed E-state index contributed by atoms with van der Waals surface area (Å²) >= 11 is 12.2. The third kappa shape index (κ3) is 4.07. The van der Waals surface area contributed by atoms with Gasteiger partial charge in [0.2, 0.25) is 5.88 Å². The molecule has 3 rings (SSSR count). The molecule has 2 aromatic carbocycles. The van der Waals surface area contributed by atoms with Gasteiger partial charge in [0, 0.05) is 22.3 Å². The smallest absolute Gasteiger partial charge is 0.257 e. The number of amides is 1. The van der Waals surface area contributed by atoms with Crippen molar-refractivity contribution in [3.63, 3.8) is 0 Å². The summed E-state index contributed by atoms with van der Waals surface area (Å²) in [6.45, 7) is 0. The second-order valence-electron chi connectivity index (χ2n) is 5.12. The number of ether oxygens (including phenoxy) is 1. The highest BCUT2D eigenvalue weighted by atomic mass is 35.5. The van der Waals surface area contributed by atoms with Gasteiger partial charge in [0.25, 0.3) is 5.91 Å². The van der Waals surface area contributed by atoms with Crippen LogP contribution in [-0.2, 0) is 0 Å². The van der Waals surface area contributed by atoms with Gasteiger partial charge in [0.1, 0.15) is 0 Å². The topological polar surface area (TPSA) is 64.1 Å². The molecule has 3 aromatic rings. The van der Waals surface area contributed by atoms with Crippen LogP contribution < -0.4 is 10.1 Å². The van der Waals surface area contributed by atoms with Crippen LogP contribution in [0, 0.1) is 0 Å². The number of carbonyl (C=O) groups is 1. The second kappa shape index (κ2) is 7.51. The number of carbonyl (C=O) groups excluding carboxylic acids is 1. The van der Waals surface area contributed by atoms with Crippen molar-refractivity contribution in [3.05, 3.63) is 70.2 Å². The lowest BCUT2D eigenvalue weighted by Gasteiger charge is -2.09. The molecule has 126 valence electrons. The molecule has 1 N–H and O–H groups in total. The number of hydrogen-bond acceptors (Lipinski definition) is 4. The molecule has 0 bridgehead atoms. The maximum Gasteiger partial charge on any atom is 0.257 e. The van der Waals surface area contributed by atoms with Crippen LogP contribution in [0.25, 0.3) is 11.3 Å². The molecule has 0 aliphatic carbocycles. The first kappa shape index (κ1) is 17.2. The van der Waals surface area contributed by atoms with Crippen molar-refractivity contribution in [1.82, 2.24) is 10.2 Å². The quantitative estimate of drug-likeness (QED) is 0.718. The minimum absolute atomic E-state index is 0.314. The predicted molar refractivity (Wildman–Crippen MR) is 98.4 cm³/mol. The van der Waals surface area contributed by atoms with E-state index in [1.807, 2.05) is 0 Å². The lowest BCUT2D eigenvalue weighted by molar-refractivity contribution is 0.102. The molecule has 1 amide bonds. The molecule has 5 nitrogen and oxygen atoms in total. The Labute approximate surface area is 154 Å². The molecular weight excluding hydrogens is 361 g/mol. The van der Waals surface area contributed by atoms with Crippen molar-refractivity contribution in [1.29, 1.82) is 0 Å². The van der Waals surface area contributed by atoms with Crippen LogP contribution in [0.4, 0.5) is 5.69 Å². The number of nitrogens with zero attached hydrogens (tertiary/aromatic N) is 2. The van der Waals surface area contributed by atoms with E-state index in [1.54, 1.807) is 54.6 Å². The SMILES string of the molecule is COc1ccc(-c2ccc(C(=O)Nc3cccc(Cl)c3)c(Cl)c2)nn1. The Morgan fingerprint density at radius 3 is 2.52 bits per heavy atom. The lowest BCUT2D eigenvalue weighted by atomic mass is 10.1. The van der Waals surface area contributed by atoms with Crippen LogP contribution in [0.1, 0.15) is 10.4 Å². The average molecular weight is 374 g/mol. The molecule has 0 saturated heterocycles. The zero-order chi connectivity index (χ0) is 17.8. The summed E-state index contributed by atoms with van der Waals surface area (Å²) in [4.78, 5) is 12.4. The summed E-state index contributed by atoms with van der Waals surface area (Å²) < 4.78 is 4.98. The highest BCUT2D eigenvalue weighted by Crippen LogP contribution is 2.26. The molecule has 1 aromatic heterocycles. The Morgan fingerprint density at radius 2 is 1.88 bits per heavy atom. The molecule has 0 aliphatic heterocycles. The summed E-state index contributed by atoms with van der Waals surface area (Å²) in [5, 5.41) is 11.6. The Kier molecular flexibility index (Phi) is 5.16. The second-order valence-corrected chi connectivity index (χ2v) is 5.96. The molecule has 25 heavy (non-hydrogen) atoms. The third-order valence-electron chi connectivity index (χ3n) is 3.44. The van der Waals surface area contributed by atoms with Gasteiger partial charge in [-0.25, -0.2) is 0 Å². The molecule has 0 saturated carbocycles. The number of methoxy groups -OCH3 is 1. The fraction of sp³-hybridized carbons (Fsp3) is 0.0556. The fourth-order valence-corrected chi connectivity index (χ4v) is 2.66. The highest BCUT2D eigenvalue weighted by Gasteiger charge is 2.13. The minimum atomic E-state index is -0.320. The Hall–Kier alpha value is -2.63. The Balaban J connectivity index is 1.82. The van der Waals surface area contributed by atoms with Crippen molar-refractivity contribution >= 4 is 34.8 Å². The van der Waals surface area contributed by atoms with E-state index in [4.69, 9.17) is 27.9 Å². The van der Waals surface area contributed by atoms with Gasteiger partial charge in [0.05, 0.1) is 23.4 Å². The molecule has 7 heteroatoms. The van der Waals surface area contributed by atoms with Gasteiger partial charge < -0.3 is 10.1 Å². The lowest BCUT2D eigenvalue weighted by Crippen LogP contribution is -2.12. The first-order chi connectivity index (χ1) is 12.1. The summed E-state index contributed by atoms with van der Waals surface area (Å²) in [6.07, 6.45) is 0. The van der Waals surface area contributed by atoms with Crippen LogP contribution in [0.5, 0.6) is 5.88 Å². The average Bonchev–Trinajstić information content (AvgIpc) is 2.61. The molecule has 0 spiro atoms. The van der Waals surface area contributed by atoms with Crippen LogP contribution in [0.15, 0.2) is 54.6 Å². The van der Waals surface area contributed by atoms with Crippen molar-refractivity contribution < 1.29 is 9.53 Å². The summed E-state index contributed by atoms with van der Waals surface area (Å²) in [6, 6.07) is 15.4. The van der Waals surface area contributed by atoms with E-state index in [1.165, 1.54) is 7.11 Å². The van der Waals surface area contributed by atoms with E-state index in [2.05, 4.69) is 15.5 Å². The summed E-state index contributed by atoms with van der Waals surface area (Å²) in [5.41, 5.74) is 2.33. The number of nitrogens with one attached hydrogen (secondary N) is 1. The number of anilines is 1. The van der Waals surface area contributed by atoms with Gasteiger partial charge in [0.15, 0.2) is 0 Å². The van der Waals surface area contributed by atoms with Gasteiger partial charge in [-0.1, -0.05) is 35.3 Å². The van der Waals surface area contributed by atoms with Crippen molar-refractivity contribution in [2.75, 3.05) is 12.4 Å². The zero-order valence-corrected chi connectivity index (χ0v) is 14.7. The van der Waals surface area contributed by atoms with Gasteiger partial charge in [-0.2, -0.15) is 0 Å². The Bertz CT molecular complexity index is 914. The van der Waals surface area contributed by atoms with Crippen LogP contribution in [-0.4, -0.2) is 23.2 Å². The summed E-state index contributed by atoms with van der Waals surface area (Å²) in [5.74, 6) is 0.104. The third-order valence-corrected chi connectivity index (χ3v) is 3.99. The van der Waals surface area contributed by atoms with Gasteiger partial charge in [-0.15, -0.1) is 10.2 Å². The first-order valence-electron chi connectivity index (χ1n) is 7.31. The maximum absolute atomic E-state index is 12.4. The molecule has 0 unspecified atom stereocenters. The number of benzene rings is 2. The maximum atomic E-state index is 12.4. The van der Waals surface area contributed by atoms with Gasteiger partial charge in [-0.05, 0) is 36.4 Å². The van der Waals surface area contributed by atoms with Crippen molar-refractivity contribution in [2.24, 2.45) is 0 Å². The Morgan fingerprint density at radius 1 is 1.04 bits per heavy atom. The number of aromatic nitrogens is 2. The summed E-state index contributed by atoms with van der Waals surface area (Å²) in [7, 11) is 1.52. The van der Waals surface area contributed by atoms with Crippen LogP contribution >= 0.6 is 23.2 Å². The number of halogens is 2. The standard InChI is InChI=1S/C18H13Cl2N3O2/c1-25-17-8-7-16(22-23-17)11-5-6-14(15(20)9-11)18(24)21-13-4-2-3-12(19)10-13/h2-10H,1H3,(H,21,24). The van der Waals surface area contributed by atoms with Crippen LogP contribution in [0.2, 0.25) is 10.0 Å². The van der Waals surface area contributed by atoms with E-state index in [9.17, 15) is 4.79 Å². The first-order valence-corrected chi connectivity index (χ1v) is 8.07. The van der Waals surface area contributed by atoms with E-state index in [0.717, 1.165) is 5.56 Å². The van der Waals surface area contributed by atoms with E-state index in [-0.39, 0.29) is 5.91 Å². The minimum Gasteiger partial charge on any atom is -0.480 e. The monoisotopic (exact) mass is 373 g/mol. The predicted octanol–water partition coefficient (Wildman–Crippen LogP) is 4.71. The van der Waals surface area contributed by atoms with E-state index in [0.29, 0.717) is 32.9 Å². The molecule has 0 atom stereocenters. The normalized spacial score (nSPS) is 10.4. The van der Waals surface area contributed by atoms with Crippen molar-refractivity contribution in [3.8, 4) is 17.1 Å². The van der Waals surface area contributed by atoms with Crippen LogP contribution in [0.3, 0.4) is 0 Å². The van der Waals surface area contributed by atoms with E-state index >= 15 is 0 Å². The molecule has 0 fully saturated rings. The molecule has 1 heterocycles. The fourth-order valence-electron chi connectivity index (χ4n) is 2.21. The zero-order valence-electron chi connectivity index (χ0n) is 13.2. The van der Waals surface area contributed by atoms with Gasteiger partial charge in [-0.3, -0.25) is 4.79 Å². The van der Waals surface area contributed by atoms with E-state index < -0.39 is 0 Å². The van der Waals surface area contributed by atoms with Crippen molar-refractivity contribution in [2.45, 2.75) is 0 Å². The highest BCUT2D eigenvalue weighted by molar-refractivity contribution is 6.35. The number of rotatable bonds is 4. The largest absolute Gasteiger partial charge is 0.480 e.